The number of ether oxygens (including phenoxy) is 1. The van der Waals surface area contributed by atoms with Crippen molar-refractivity contribution in [1.29, 1.82) is 0 Å². The third-order valence-corrected chi connectivity index (χ3v) is 6.14. The Bertz CT molecular complexity index is 354. The van der Waals surface area contributed by atoms with E-state index in [4.69, 9.17) is 4.74 Å². The molecule has 0 aromatic rings. The van der Waals surface area contributed by atoms with Gasteiger partial charge in [-0.1, -0.05) is 13.8 Å². The van der Waals surface area contributed by atoms with Crippen LogP contribution in [0.3, 0.4) is 0 Å². The molecule has 1 fully saturated rings. The Hall–Kier alpha value is -0.130. The van der Waals surface area contributed by atoms with E-state index in [0.717, 1.165) is 6.42 Å². The van der Waals surface area contributed by atoms with Crippen LogP contribution in [0.4, 0.5) is 0 Å². The fourth-order valence-electron chi connectivity index (χ4n) is 2.47. The van der Waals surface area contributed by atoms with E-state index in [1.165, 1.54) is 6.42 Å². The summed E-state index contributed by atoms with van der Waals surface area (Å²) in [5.41, 5.74) is 0. The molecule has 1 aliphatic heterocycles. The first-order chi connectivity index (χ1) is 8.83. The van der Waals surface area contributed by atoms with Crippen molar-refractivity contribution in [3.05, 3.63) is 0 Å². The lowest BCUT2D eigenvalue weighted by molar-refractivity contribution is 0.126. The Morgan fingerprint density at radius 1 is 1.26 bits per heavy atom. The number of hydrogen-bond donors (Lipinski definition) is 1. The average molecular weight is 291 g/mol. The van der Waals surface area contributed by atoms with Gasteiger partial charge in [0.15, 0.2) is 9.84 Å². The van der Waals surface area contributed by atoms with Crippen LogP contribution < -0.4 is 5.32 Å². The summed E-state index contributed by atoms with van der Waals surface area (Å²) < 4.78 is 29.7. The Morgan fingerprint density at radius 2 is 1.95 bits per heavy atom. The van der Waals surface area contributed by atoms with Gasteiger partial charge in [-0.05, 0) is 39.0 Å². The molecule has 0 amide bonds. The van der Waals surface area contributed by atoms with E-state index < -0.39 is 9.84 Å². The van der Waals surface area contributed by atoms with E-state index in [0.29, 0.717) is 31.5 Å². The minimum atomic E-state index is -3.02. The summed E-state index contributed by atoms with van der Waals surface area (Å²) in [4.78, 5) is 0. The summed E-state index contributed by atoms with van der Waals surface area (Å²) in [6.45, 7) is 9.51. The molecule has 4 nitrogen and oxygen atoms in total. The van der Waals surface area contributed by atoms with Crippen molar-refractivity contribution >= 4 is 9.84 Å². The topological polar surface area (TPSA) is 55.4 Å². The molecule has 1 rings (SSSR count). The van der Waals surface area contributed by atoms with E-state index in [9.17, 15) is 8.42 Å². The normalized spacial score (nSPS) is 25.9. The smallest absolute Gasteiger partial charge is 0.157 e. The second-order valence-corrected chi connectivity index (χ2v) is 8.44. The van der Waals surface area contributed by atoms with Gasteiger partial charge in [0.05, 0.1) is 17.1 Å². The van der Waals surface area contributed by atoms with Crippen molar-refractivity contribution in [2.75, 3.05) is 18.9 Å². The Kier molecular flexibility index (Phi) is 6.77. The van der Waals surface area contributed by atoms with Gasteiger partial charge >= 0.3 is 0 Å². The van der Waals surface area contributed by atoms with Gasteiger partial charge in [-0.25, -0.2) is 8.42 Å². The van der Waals surface area contributed by atoms with Crippen molar-refractivity contribution in [3.8, 4) is 0 Å². The maximum atomic E-state index is 12.2. The molecule has 3 unspecified atom stereocenters. The van der Waals surface area contributed by atoms with E-state index >= 15 is 0 Å². The molecule has 3 atom stereocenters. The maximum Gasteiger partial charge on any atom is 0.157 e. The van der Waals surface area contributed by atoms with Gasteiger partial charge in [0.2, 0.25) is 0 Å². The average Bonchev–Trinajstić information content (AvgIpc) is 2.73. The molecule has 1 aliphatic rings. The summed E-state index contributed by atoms with van der Waals surface area (Å²) in [6, 6.07) is 0.384. The van der Waals surface area contributed by atoms with Crippen LogP contribution in [-0.4, -0.2) is 44.7 Å². The van der Waals surface area contributed by atoms with Gasteiger partial charge in [0, 0.05) is 19.2 Å². The standard InChI is InChI=1S/C14H29NO3S/c1-11(2)5-6-12(3)15-8-10-19(16,17)14-7-9-18-13(14)4/h11-15H,5-10H2,1-4H3. The van der Waals surface area contributed by atoms with Crippen molar-refractivity contribution in [2.45, 2.75) is 64.4 Å². The Balaban J connectivity index is 2.28. The number of sulfone groups is 1. The van der Waals surface area contributed by atoms with Crippen LogP contribution in [0.25, 0.3) is 0 Å². The van der Waals surface area contributed by atoms with Crippen LogP contribution in [0, 0.1) is 5.92 Å². The first-order valence-electron chi connectivity index (χ1n) is 7.39. The SMILES string of the molecule is CC(C)CCC(C)NCCS(=O)(=O)C1CCOC1C. The maximum absolute atomic E-state index is 12.2. The zero-order valence-corrected chi connectivity index (χ0v) is 13.5. The van der Waals surface area contributed by atoms with Gasteiger partial charge in [-0.2, -0.15) is 0 Å². The summed E-state index contributed by atoms with van der Waals surface area (Å²) in [7, 11) is -3.02. The molecule has 0 radical (unpaired) electrons. The summed E-state index contributed by atoms with van der Waals surface area (Å²) in [5.74, 6) is 0.918. The molecule has 0 aliphatic carbocycles. The van der Waals surface area contributed by atoms with E-state index in [1.54, 1.807) is 0 Å². The fraction of sp³-hybridized carbons (Fsp3) is 1.00. The second kappa shape index (κ2) is 7.60. The van der Waals surface area contributed by atoms with Gasteiger partial charge in [0.25, 0.3) is 0 Å². The lowest BCUT2D eigenvalue weighted by Gasteiger charge is -2.18. The number of nitrogens with one attached hydrogen (secondary N) is 1. The van der Waals surface area contributed by atoms with Crippen molar-refractivity contribution < 1.29 is 13.2 Å². The third kappa shape index (κ3) is 5.79. The molecule has 0 bridgehead atoms. The van der Waals surface area contributed by atoms with Crippen molar-refractivity contribution in [3.63, 3.8) is 0 Å². The predicted octanol–water partition coefficient (Wildman–Crippen LogP) is 1.99. The lowest BCUT2D eigenvalue weighted by Crippen LogP contribution is -2.36. The van der Waals surface area contributed by atoms with E-state index in [2.05, 4.69) is 26.1 Å². The van der Waals surface area contributed by atoms with Crippen LogP contribution in [0.5, 0.6) is 0 Å². The zero-order valence-electron chi connectivity index (χ0n) is 12.7. The number of hydrogen-bond acceptors (Lipinski definition) is 4. The quantitative estimate of drug-likeness (QED) is 0.743. The van der Waals surface area contributed by atoms with Gasteiger partial charge in [-0.15, -0.1) is 0 Å². The van der Waals surface area contributed by atoms with Crippen LogP contribution in [0.15, 0.2) is 0 Å². The van der Waals surface area contributed by atoms with Crippen LogP contribution in [0.1, 0.15) is 47.0 Å². The van der Waals surface area contributed by atoms with Crippen molar-refractivity contribution in [1.82, 2.24) is 5.32 Å². The van der Waals surface area contributed by atoms with Crippen molar-refractivity contribution in [2.24, 2.45) is 5.92 Å². The largest absolute Gasteiger partial charge is 0.377 e. The molecule has 1 heterocycles. The minimum Gasteiger partial charge on any atom is -0.377 e. The highest BCUT2D eigenvalue weighted by molar-refractivity contribution is 7.92. The van der Waals surface area contributed by atoms with Crippen LogP contribution >= 0.6 is 0 Å². The first kappa shape index (κ1) is 16.9. The highest BCUT2D eigenvalue weighted by Gasteiger charge is 2.35. The lowest BCUT2D eigenvalue weighted by atomic mass is 10.0. The Labute approximate surface area is 118 Å². The van der Waals surface area contributed by atoms with E-state index in [1.807, 2.05) is 6.92 Å². The highest BCUT2D eigenvalue weighted by Crippen LogP contribution is 2.21. The summed E-state index contributed by atoms with van der Waals surface area (Å²) in [6.07, 6.45) is 2.77. The van der Waals surface area contributed by atoms with E-state index in [-0.39, 0.29) is 17.1 Å². The molecule has 1 N–H and O–H groups in total. The predicted molar refractivity (Wildman–Crippen MR) is 79.1 cm³/mol. The van der Waals surface area contributed by atoms with Crippen LogP contribution in [-0.2, 0) is 14.6 Å². The molecule has 0 aromatic heterocycles. The molecular weight excluding hydrogens is 262 g/mol. The van der Waals surface area contributed by atoms with Crippen LogP contribution in [0.2, 0.25) is 0 Å². The first-order valence-corrected chi connectivity index (χ1v) is 9.11. The van der Waals surface area contributed by atoms with Gasteiger partial charge in [-0.3, -0.25) is 0 Å². The molecule has 114 valence electrons. The summed E-state index contributed by atoms with van der Waals surface area (Å²) in [5, 5.41) is 3.01. The van der Waals surface area contributed by atoms with Gasteiger partial charge < -0.3 is 10.1 Å². The molecule has 5 heteroatoms. The number of rotatable bonds is 8. The minimum absolute atomic E-state index is 0.150. The third-order valence-electron chi connectivity index (χ3n) is 3.82. The summed E-state index contributed by atoms with van der Waals surface area (Å²) >= 11 is 0. The molecule has 0 spiro atoms. The highest BCUT2D eigenvalue weighted by atomic mass is 32.2. The fourth-order valence-corrected chi connectivity index (χ4v) is 4.29. The molecule has 19 heavy (non-hydrogen) atoms. The molecule has 0 saturated carbocycles. The second-order valence-electron chi connectivity index (χ2n) is 6.10. The zero-order chi connectivity index (χ0) is 14.5. The molecule has 1 saturated heterocycles. The molecule has 0 aromatic carbocycles. The Morgan fingerprint density at radius 3 is 2.47 bits per heavy atom. The van der Waals surface area contributed by atoms with Gasteiger partial charge in [0.1, 0.15) is 0 Å². The monoisotopic (exact) mass is 291 g/mol. The molecular formula is C14H29NO3S.